The van der Waals surface area contributed by atoms with E-state index in [2.05, 4.69) is 5.32 Å². The van der Waals surface area contributed by atoms with E-state index in [1.54, 1.807) is 0 Å². The van der Waals surface area contributed by atoms with Gasteiger partial charge < -0.3 is 14.8 Å². The molecule has 1 N–H and O–H groups in total. The summed E-state index contributed by atoms with van der Waals surface area (Å²) in [5.41, 5.74) is -0.0740. The molecule has 0 aliphatic heterocycles. The van der Waals surface area contributed by atoms with E-state index in [9.17, 15) is 14.4 Å². The van der Waals surface area contributed by atoms with Crippen molar-refractivity contribution in [3.05, 3.63) is 0 Å². The number of carbonyl (C=O) groups is 3. The fourth-order valence-corrected chi connectivity index (χ4v) is 0.829. The zero-order chi connectivity index (χ0) is 12.6. The van der Waals surface area contributed by atoms with Crippen LogP contribution in [0.3, 0.4) is 0 Å². The largest absolute Gasteiger partial charge is 0.465 e. The normalized spacial score (nSPS) is 10.7. The maximum absolute atomic E-state index is 11.2. The van der Waals surface area contributed by atoms with Crippen molar-refractivity contribution in [2.75, 3.05) is 13.2 Å². The lowest BCUT2D eigenvalue weighted by molar-refractivity contribution is -0.147. The van der Waals surface area contributed by atoms with Crippen molar-refractivity contribution in [1.82, 2.24) is 5.32 Å². The van der Waals surface area contributed by atoms with Crippen molar-refractivity contribution >= 4 is 18.2 Å². The molecule has 0 rings (SSSR count). The lowest BCUT2D eigenvalue weighted by atomic mass is 9.99. The summed E-state index contributed by atoms with van der Waals surface area (Å²) in [6, 6.07) is 0. The third-order valence-corrected chi connectivity index (χ3v) is 1.60. The molecule has 5 heteroatoms. The maximum atomic E-state index is 11.2. The highest BCUT2D eigenvalue weighted by atomic mass is 16.5. The molecule has 5 nitrogen and oxygen atoms in total. The molecule has 16 heavy (non-hydrogen) atoms. The summed E-state index contributed by atoms with van der Waals surface area (Å²) >= 11 is 0. The van der Waals surface area contributed by atoms with Gasteiger partial charge in [-0.3, -0.25) is 9.59 Å². The molecule has 0 aromatic carbocycles. The second-order valence-corrected chi connectivity index (χ2v) is 4.69. The zero-order valence-corrected chi connectivity index (χ0v) is 10.0. The summed E-state index contributed by atoms with van der Waals surface area (Å²) in [4.78, 5) is 32.2. The zero-order valence-electron chi connectivity index (χ0n) is 10.0. The van der Waals surface area contributed by atoms with E-state index in [4.69, 9.17) is 4.74 Å². The van der Waals surface area contributed by atoms with Crippen LogP contribution >= 0.6 is 0 Å². The summed E-state index contributed by atoms with van der Waals surface area (Å²) in [6.07, 6.45) is 0.688. The third kappa shape index (κ3) is 9.18. The summed E-state index contributed by atoms with van der Waals surface area (Å²) in [7, 11) is 0. The minimum absolute atomic E-state index is 0.0180. The molecule has 0 bridgehead atoms. The Labute approximate surface area is 95.5 Å². The fourth-order valence-electron chi connectivity index (χ4n) is 0.829. The first-order valence-electron chi connectivity index (χ1n) is 5.21. The molecule has 92 valence electrons. The number of hydrogen-bond acceptors (Lipinski definition) is 4. The molecule has 0 saturated heterocycles. The smallest absolute Gasteiger partial charge is 0.306 e. The molecule has 0 spiro atoms. The Bertz CT molecular complexity index is 255. The topological polar surface area (TPSA) is 72.5 Å². The molecule has 0 radical (unpaired) electrons. The lowest BCUT2D eigenvalue weighted by Gasteiger charge is -2.17. The summed E-state index contributed by atoms with van der Waals surface area (Å²) in [6.45, 7) is 6.18. The van der Waals surface area contributed by atoms with E-state index in [-0.39, 0.29) is 30.7 Å². The van der Waals surface area contributed by atoms with Crippen LogP contribution in [-0.4, -0.2) is 31.3 Å². The number of amides is 1. The van der Waals surface area contributed by atoms with Gasteiger partial charge in [0.15, 0.2) is 0 Å². The van der Waals surface area contributed by atoms with Gasteiger partial charge in [-0.1, -0.05) is 20.8 Å². The molecular formula is C11H19NO4. The molecule has 0 aromatic heterocycles. The highest BCUT2D eigenvalue weighted by Crippen LogP contribution is 2.13. The first-order chi connectivity index (χ1) is 7.35. The first kappa shape index (κ1) is 14.6. The Morgan fingerprint density at radius 1 is 1.25 bits per heavy atom. The molecular weight excluding hydrogens is 210 g/mol. The van der Waals surface area contributed by atoms with Gasteiger partial charge in [-0.15, -0.1) is 0 Å². The van der Waals surface area contributed by atoms with Crippen molar-refractivity contribution in [2.24, 2.45) is 5.41 Å². The van der Waals surface area contributed by atoms with Crippen LogP contribution in [0.2, 0.25) is 0 Å². The number of ether oxygens (including phenoxy) is 1. The summed E-state index contributed by atoms with van der Waals surface area (Å²) < 4.78 is 4.97. The highest BCUT2D eigenvalue weighted by Gasteiger charge is 2.14. The van der Waals surface area contributed by atoms with Gasteiger partial charge in [-0.2, -0.15) is 0 Å². The van der Waals surface area contributed by atoms with Crippen molar-refractivity contribution in [3.63, 3.8) is 0 Å². The van der Waals surface area contributed by atoms with Crippen LogP contribution in [0.5, 0.6) is 0 Å². The average Bonchev–Trinajstić information content (AvgIpc) is 2.19. The minimum Gasteiger partial charge on any atom is -0.465 e. The van der Waals surface area contributed by atoms with Crippen LogP contribution < -0.4 is 5.32 Å². The molecule has 0 atom stereocenters. The third-order valence-electron chi connectivity index (χ3n) is 1.60. The van der Waals surface area contributed by atoms with Gasteiger partial charge in [-0.05, 0) is 5.41 Å². The molecule has 0 aliphatic rings. The number of carbonyl (C=O) groups excluding carboxylic acids is 3. The maximum Gasteiger partial charge on any atom is 0.306 e. The van der Waals surface area contributed by atoms with Crippen molar-refractivity contribution in [2.45, 2.75) is 33.6 Å². The molecule has 1 amide bonds. The predicted octanol–water partition coefficient (Wildman–Crippen LogP) is 0.671. The Balaban J connectivity index is 3.65. The van der Waals surface area contributed by atoms with Gasteiger partial charge in [0.05, 0.1) is 19.6 Å². The molecule has 0 fully saturated rings. The minimum atomic E-state index is -0.392. The van der Waals surface area contributed by atoms with E-state index < -0.39 is 5.97 Å². The number of nitrogens with one attached hydrogen (secondary N) is 1. The second kappa shape index (κ2) is 6.98. The molecule has 0 unspecified atom stereocenters. The predicted molar refractivity (Wildman–Crippen MR) is 58.7 cm³/mol. The first-order valence-corrected chi connectivity index (χ1v) is 5.21. The second-order valence-electron chi connectivity index (χ2n) is 4.69. The van der Waals surface area contributed by atoms with Crippen LogP contribution in [-0.2, 0) is 19.1 Å². The number of hydrogen-bond donors (Lipinski definition) is 1. The summed E-state index contributed by atoms with van der Waals surface area (Å²) in [5, 5.41) is 2.35. The van der Waals surface area contributed by atoms with Gasteiger partial charge in [0.2, 0.25) is 5.91 Å². The Morgan fingerprint density at radius 3 is 2.38 bits per heavy atom. The van der Waals surface area contributed by atoms with Gasteiger partial charge in [0.1, 0.15) is 6.29 Å². The lowest BCUT2D eigenvalue weighted by Crippen LogP contribution is -2.26. The van der Waals surface area contributed by atoms with Crippen molar-refractivity contribution in [3.8, 4) is 0 Å². The number of esters is 1. The molecule has 0 saturated carbocycles. The van der Waals surface area contributed by atoms with Crippen LogP contribution in [0.15, 0.2) is 0 Å². The monoisotopic (exact) mass is 229 g/mol. The Kier molecular flexibility index (Phi) is 6.37. The van der Waals surface area contributed by atoms with E-state index in [0.29, 0.717) is 12.9 Å². The van der Waals surface area contributed by atoms with Crippen LogP contribution in [0.25, 0.3) is 0 Å². The van der Waals surface area contributed by atoms with Gasteiger partial charge in [0, 0.05) is 6.42 Å². The summed E-state index contributed by atoms with van der Waals surface area (Å²) in [5.74, 6) is -0.712. The molecule has 0 aliphatic carbocycles. The quantitative estimate of drug-likeness (QED) is 0.536. The SMILES string of the molecule is CC(C)(C)COC(=O)CCC(=O)NCC=O. The molecule has 0 heterocycles. The molecule has 0 aromatic rings. The standard InChI is InChI=1S/C11H19NO4/c1-11(2,3)8-16-10(15)5-4-9(14)12-6-7-13/h7H,4-6,8H2,1-3H3,(H,12,14). The van der Waals surface area contributed by atoms with Gasteiger partial charge in [-0.25, -0.2) is 0 Å². The van der Waals surface area contributed by atoms with Gasteiger partial charge in [0.25, 0.3) is 0 Å². The number of aldehydes is 1. The average molecular weight is 229 g/mol. The Morgan fingerprint density at radius 2 is 1.88 bits per heavy atom. The fraction of sp³-hybridized carbons (Fsp3) is 0.727. The van der Waals surface area contributed by atoms with Crippen molar-refractivity contribution in [1.29, 1.82) is 0 Å². The van der Waals surface area contributed by atoms with Crippen molar-refractivity contribution < 1.29 is 19.1 Å². The highest BCUT2D eigenvalue weighted by molar-refractivity contribution is 5.82. The van der Waals surface area contributed by atoms with E-state index in [0.717, 1.165) is 0 Å². The Hall–Kier alpha value is -1.39. The van der Waals surface area contributed by atoms with Crippen LogP contribution in [0, 0.1) is 5.41 Å². The van der Waals surface area contributed by atoms with E-state index in [1.165, 1.54) is 0 Å². The van der Waals surface area contributed by atoms with Crippen LogP contribution in [0.1, 0.15) is 33.6 Å². The van der Waals surface area contributed by atoms with E-state index >= 15 is 0 Å². The van der Waals surface area contributed by atoms with Crippen LogP contribution in [0.4, 0.5) is 0 Å². The van der Waals surface area contributed by atoms with Gasteiger partial charge >= 0.3 is 5.97 Å². The van der Waals surface area contributed by atoms with E-state index in [1.807, 2.05) is 20.8 Å². The number of rotatable bonds is 6.